The van der Waals surface area contributed by atoms with Crippen molar-refractivity contribution in [3.05, 3.63) is 173 Å². The van der Waals surface area contributed by atoms with E-state index in [1.165, 1.54) is 0 Å². The predicted molar refractivity (Wildman–Crippen MR) is 186 cm³/mol. The first-order valence-corrected chi connectivity index (χ1v) is 15.2. The molecule has 1 aliphatic heterocycles. The number of allylic oxidation sites excluding steroid dienone is 1. The van der Waals surface area contributed by atoms with Crippen molar-refractivity contribution in [1.82, 2.24) is 15.3 Å². The van der Waals surface area contributed by atoms with Crippen LogP contribution in [-0.4, -0.2) is 15.7 Å². The van der Waals surface area contributed by atoms with Crippen LogP contribution in [0, 0.1) is 5.41 Å². The fraction of sp³-hybridized carbons (Fsp3) is 0.0488. The van der Waals surface area contributed by atoms with E-state index < -0.39 is 0 Å². The number of hydrogen-bond acceptors (Lipinski definition) is 4. The molecule has 1 aromatic heterocycles. The molecule has 0 atom stereocenters. The molecule has 0 fully saturated rings. The van der Waals surface area contributed by atoms with Crippen molar-refractivity contribution < 1.29 is 0 Å². The van der Waals surface area contributed by atoms with Crippen LogP contribution in [0.4, 0.5) is 0 Å². The monoisotopic (exact) mass is 580 g/mol. The maximum Gasteiger partial charge on any atom is 0.160 e. The zero-order chi connectivity index (χ0) is 30.6. The summed E-state index contributed by atoms with van der Waals surface area (Å²) in [5, 5.41) is 13.0. The van der Waals surface area contributed by atoms with Gasteiger partial charge in [0.1, 0.15) is 0 Å². The highest BCUT2D eigenvalue weighted by atomic mass is 14.9. The lowest BCUT2D eigenvalue weighted by atomic mass is 9.89. The van der Waals surface area contributed by atoms with Crippen LogP contribution in [0.1, 0.15) is 35.6 Å². The fourth-order valence-electron chi connectivity index (χ4n) is 5.79. The van der Waals surface area contributed by atoms with Gasteiger partial charge in [0.15, 0.2) is 5.82 Å². The van der Waals surface area contributed by atoms with Crippen LogP contribution in [-0.2, 0) is 0 Å². The van der Waals surface area contributed by atoms with E-state index in [-0.39, 0.29) is 0 Å². The van der Waals surface area contributed by atoms with Gasteiger partial charge in [-0.05, 0) is 41.3 Å². The molecular formula is C41H32N4. The number of benzene rings is 5. The van der Waals surface area contributed by atoms with Crippen LogP contribution in [0.2, 0.25) is 0 Å². The third-order valence-corrected chi connectivity index (χ3v) is 8.11. The molecule has 0 unspecified atom stereocenters. The van der Waals surface area contributed by atoms with E-state index in [1.807, 2.05) is 84.9 Å². The van der Waals surface area contributed by atoms with Crippen molar-refractivity contribution in [2.45, 2.75) is 13.3 Å². The Bertz CT molecular complexity index is 1990. The third kappa shape index (κ3) is 5.74. The maximum absolute atomic E-state index is 9.26. The lowest BCUT2D eigenvalue weighted by Crippen LogP contribution is -2.20. The largest absolute Gasteiger partial charge is 0.354 e. The topological polar surface area (TPSA) is 61.7 Å². The van der Waals surface area contributed by atoms with Crippen LogP contribution in [0.25, 0.3) is 51.4 Å². The Labute approximate surface area is 264 Å². The average Bonchev–Trinajstić information content (AvgIpc) is 3.13. The minimum absolute atomic E-state index is 0.519. The van der Waals surface area contributed by atoms with Crippen LogP contribution < -0.4 is 5.32 Å². The molecule has 4 nitrogen and oxygen atoms in total. The summed E-state index contributed by atoms with van der Waals surface area (Å²) >= 11 is 0. The Kier molecular flexibility index (Phi) is 7.69. The molecule has 0 saturated carbocycles. The van der Waals surface area contributed by atoms with Crippen molar-refractivity contribution >= 4 is 23.2 Å². The van der Waals surface area contributed by atoms with Gasteiger partial charge in [0.05, 0.1) is 22.8 Å². The fourth-order valence-corrected chi connectivity index (χ4v) is 5.79. The summed E-state index contributed by atoms with van der Waals surface area (Å²) in [4.78, 5) is 10.1. The number of nitrogens with zero attached hydrogens (tertiary/aromatic N) is 2. The summed E-state index contributed by atoms with van der Waals surface area (Å²) in [7, 11) is 0. The second-order valence-electron chi connectivity index (χ2n) is 11.0. The summed E-state index contributed by atoms with van der Waals surface area (Å²) in [6.45, 7) is 2.12. The van der Waals surface area contributed by atoms with E-state index in [9.17, 15) is 5.41 Å². The maximum atomic E-state index is 9.26. The molecule has 0 aliphatic carbocycles. The smallest absolute Gasteiger partial charge is 0.160 e. The molecule has 216 valence electrons. The Balaban J connectivity index is 1.42. The predicted octanol–water partition coefficient (Wildman–Crippen LogP) is 9.77. The molecule has 0 spiro atoms. The van der Waals surface area contributed by atoms with Gasteiger partial charge in [-0.15, -0.1) is 0 Å². The highest BCUT2D eigenvalue weighted by molar-refractivity contribution is 6.16. The zero-order valence-corrected chi connectivity index (χ0v) is 25.0. The quantitative estimate of drug-likeness (QED) is 0.185. The Morgan fingerprint density at radius 1 is 0.600 bits per heavy atom. The van der Waals surface area contributed by atoms with Crippen LogP contribution in [0.3, 0.4) is 0 Å². The number of fused-ring (bicyclic) bond motifs is 1. The highest BCUT2D eigenvalue weighted by Gasteiger charge is 2.23. The molecule has 6 aromatic rings. The number of hydrogen-bond donors (Lipinski definition) is 2. The van der Waals surface area contributed by atoms with Crippen LogP contribution in [0.5, 0.6) is 0 Å². The van der Waals surface area contributed by atoms with E-state index in [0.29, 0.717) is 18.0 Å². The van der Waals surface area contributed by atoms with Gasteiger partial charge >= 0.3 is 0 Å². The summed E-state index contributed by atoms with van der Waals surface area (Å²) in [6, 6.07) is 49.3. The molecule has 45 heavy (non-hydrogen) atoms. The van der Waals surface area contributed by atoms with Crippen molar-refractivity contribution in [3.63, 3.8) is 0 Å². The van der Waals surface area contributed by atoms with Gasteiger partial charge < -0.3 is 5.32 Å². The Morgan fingerprint density at radius 2 is 1.16 bits per heavy atom. The first-order valence-electron chi connectivity index (χ1n) is 15.2. The molecule has 0 bridgehead atoms. The SMILES string of the molecule is CC/C(C(=N)c1ccccc1)=C1/NC(c2ccccc2)=Cc2ccc(-c3cc(-c4ccccc4)nc(-c4ccccc4)n3)cc21. The Morgan fingerprint density at radius 3 is 1.78 bits per heavy atom. The van der Waals surface area contributed by atoms with E-state index >= 15 is 0 Å². The molecule has 5 aromatic carbocycles. The van der Waals surface area contributed by atoms with Crippen molar-refractivity contribution in [2.75, 3.05) is 0 Å². The lowest BCUT2D eigenvalue weighted by molar-refractivity contribution is 1.11. The minimum Gasteiger partial charge on any atom is -0.354 e. The molecule has 0 saturated heterocycles. The van der Waals surface area contributed by atoms with E-state index in [2.05, 4.69) is 79.0 Å². The molecule has 7 rings (SSSR count). The second kappa shape index (κ2) is 12.4. The van der Waals surface area contributed by atoms with Crippen molar-refractivity contribution in [3.8, 4) is 33.9 Å². The molecule has 4 heteroatoms. The van der Waals surface area contributed by atoms with E-state index in [1.54, 1.807) is 0 Å². The Hall–Kier alpha value is -5.87. The van der Waals surface area contributed by atoms with Crippen LogP contribution in [0.15, 0.2) is 151 Å². The van der Waals surface area contributed by atoms with E-state index in [4.69, 9.17) is 9.97 Å². The van der Waals surface area contributed by atoms with Crippen LogP contribution >= 0.6 is 0 Å². The van der Waals surface area contributed by atoms with Crippen molar-refractivity contribution in [1.29, 1.82) is 5.41 Å². The molecular weight excluding hydrogens is 548 g/mol. The highest BCUT2D eigenvalue weighted by Crippen LogP contribution is 2.37. The summed E-state index contributed by atoms with van der Waals surface area (Å²) in [6.07, 6.45) is 2.90. The van der Waals surface area contributed by atoms with Gasteiger partial charge in [0.25, 0.3) is 0 Å². The molecule has 2 heterocycles. The van der Waals surface area contributed by atoms with Gasteiger partial charge in [-0.2, -0.15) is 0 Å². The lowest BCUT2D eigenvalue weighted by Gasteiger charge is -2.26. The van der Waals surface area contributed by atoms with E-state index in [0.717, 1.165) is 67.3 Å². The average molecular weight is 581 g/mol. The molecule has 0 amide bonds. The summed E-state index contributed by atoms with van der Waals surface area (Å²) in [5.74, 6) is 0.685. The number of aromatic nitrogens is 2. The van der Waals surface area contributed by atoms with Gasteiger partial charge in [0.2, 0.25) is 0 Å². The van der Waals surface area contributed by atoms with Gasteiger partial charge in [-0.1, -0.05) is 140 Å². The van der Waals surface area contributed by atoms with Crippen molar-refractivity contribution in [2.24, 2.45) is 0 Å². The minimum atomic E-state index is 0.519. The molecule has 2 N–H and O–H groups in total. The zero-order valence-electron chi connectivity index (χ0n) is 25.0. The molecule has 1 aliphatic rings. The standard InChI is InChI=1S/C41H32N4/c1-2-34(39(42)30-19-11-5-12-20-30)40-35-25-33(24-23-32(35)26-36(43-40)28-15-7-3-8-16-28)38-27-37(29-17-9-4-10-18-29)44-41(45-38)31-21-13-6-14-22-31/h3-27,42-43H,2H2,1H3/b40-34-,42-39?. The van der Waals surface area contributed by atoms with Gasteiger partial charge in [0, 0.05) is 33.5 Å². The van der Waals surface area contributed by atoms with Gasteiger partial charge in [-0.3, -0.25) is 5.41 Å². The second-order valence-corrected chi connectivity index (χ2v) is 11.0. The number of rotatable bonds is 7. The normalized spacial score (nSPS) is 13.3. The summed E-state index contributed by atoms with van der Waals surface area (Å²) in [5.41, 5.74) is 12.3. The van der Waals surface area contributed by atoms with Gasteiger partial charge in [-0.25, -0.2) is 9.97 Å². The first-order chi connectivity index (χ1) is 22.2. The third-order valence-electron chi connectivity index (χ3n) is 8.11. The first kappa shape index (κ1) is 27.9. The number of nitrogens with one attached hydrogen (secondary N) is 2. The summed E-state index contributed by atoms with van der Waals surface area (Å²) < 4.78 is 0. The molecule has 0 radical (unpaired) electrons.